The van der Waals surface area contributed by atoms with Crippen LogP contribution in [0.2, 0.25) is 0 Å². The summed E-state index contributed by atoms with van der Waals surface area (Å²) >= 11 is 6.71. The molecule has 0 aromatic heterocycles. The quantitative estimate of drug-likeness (QED) is 0.160. The van der Waals surface area contributed by atoms with E-state index in [4.69, 9.17) is 14.7 Å². The molecule has 0 aliphatic carbocycles. The Kier molecular flexibility index (Phi) is 10.9. The second-order valence-electron chi connectivity index (χ2n) is 7.09. The minimum Gasteiger partial charge on any atom is -0.506 e. The number of nitrogens with one attached hydrogen (secondary N) is 2. The number of aryl methyl sites for hydroxylation is 1. The van der Waals surface area contributed by atoms with Crippen molar-refractivity contribution in [3.8, 4) is 5.75 Å². The number of phenolic OH excluding ortho intramolecular Hbond substituents is 1. The number of allylic oxidation sites excluding steroid dienone is 1. The van der Waals surface area contributed by atoms with E-state index in [1.807, 2.05) is 26.0 Å². The van der Waals surface area contributed by atoms with Gasteiger partial charge in [-0.25, -0.2) is 10.3 Å². The van der Waals surface area contributed by atoms with Gasteiger partial charge in [-0.15, -0.1) is 0 Å². The van der Waals surface area contributed by atoms with Gasteiger partial charge in [0.15, 0.2) is 6.10 Å². The van der Waals surface area contributed by atoms with Gasteiger partial charge in [0, 0.05) is 28.4 Å². The Labute approximate surface area is 209 Å². The molecule has 0 aliphatic rings. The van der Waals surface area contributed by atoms with E-state index < -0.39 is 24.2 Å². The minimum atomic E-state index is -0.954. The zero-order valence-corrected chi connectivity index (χ0v) is 21.4. The number of carbonyl (C=O) groups excluding carboxylic acids is 2. The highest BCUT2D eigenvalue weighted by Crippen LogP contribution is 2.39. The third kappa shape index (κ3) is 8.47. The molecule has 10 heteroatoms. The smallest absolute Gasteiger partial charge is 0.412 e. The molecule has 2 amide bonds. The predicted molar refractivity (Wildman–Crippen MR) is 131 cm³/mol. The highest BCUT2D eigenvalue weighted by atomic mass is 79.9. The number of anilines is 1. The van der Waals surface area contributed by atoms with Gasteiger partial charge in [0.25, 0.3) is 5.91 Å². The van der Waals surface area contributed by atoms with Crippen LogP contribution in [0.3, 0.4) is 0 Å². The zero-order valence-electron chi connectivity index (χ0n) is 18.2. The summed E-state index contributed by atoms with van der Waals surface area (Å²) in [6.07, 6.45) is 1.23. The van der Waals surface area contributed by atoms with Crippen molar-refractivity contribution in [2.45, 2.75) is 38.9 Å². The van der Waals surface area contributed by atoms with Gasteiger partial charge < -0.3 is 14.6 Å². The van der Waals surface area contributed by atoms with Gasteiger partial charge in [-0.3, -0.25) is 15.3 Å². The van der Waals surface area contributed by atoms with Crippen LogP contribution in [-0.4, -0.2) is 35.0 Å². The van der Waals surface area contributed by atoms with E-state index in [1.165, 1.54) is 11.6 Å². The molecule has 0 saturated carbocycles. The van der Waals surface area contributed by atoms with Gasteiger partial charge in [-0.2, -0.15) is 0 Å². The number of hydrogen-bond donors (Lipinski definition) is 4. The van der Waals surface area contributed by atoms with E-state index in [-0.39, 0.29) is 5.75 Å². The van der Waals surface area contributed by atoms with Crippen molar-refractivity contribution in [3.63, 3.8) is 0 Å². The topological polar surface area (TPSA) is 117 Å². The third-order valence-electron chi connectivity index (χ3n) is 4.61. The second kappa shape index (κ2) is 13.3. The van der Waals surface area contributed by atoms with Gasteiger partial charge in [-0.05, 0) is 66.9 Å². The third-order valence-corrected chi connectivity index (χ3v) is 5.67. The van der Waals surface area contributed by atoms with Crippen LogP contribution in [0.15, 0.2) is 57.5 Å². The van der Waals surface area contributed by atoms with Crippen LogP contribution in [0.1, 0.15) is 37.0 Å². The van der Waals surface area contributed by atoms with Crippen LogP contribution in [-0.2, 0) is 14.3 Å². The lowest BCUT2D eigenvalue weighted by atomic mass is 9.99. The Hall–Kier alpha value is -2.40. The minimum absolute atomic E-state index is 0.0776. The Morgan fingerprint density at radius 2 is 1.88 bits per heavy atom. The SMILES string of the molecule is CCO[C@@H](CC/C=C/C(=O)NO)[C@@H](OC(=O)Nc1ccc(C)cc1)c1cc(Br)cc(Br)c1O. The van der Waals surface area contributed by atoms with Crippen molar-refractivity contribution in [2.24, 2.45) is 0 Å². The Bertz CT molecular complexity index is 982. The molecule has 0 bridgehead atoms. The Morgan fingerprint density at radius 3 is 2.52 bits per heavy atom. The van der Waals surface area contributed by atoms with Crippen molar-refractivity contribution < 1.29 is 29.4 Å². The van der Waals surface area contributed by atoms with Crippen LogP contribution in [0.25, 0.3) is 0 Å². The number of phenols is 1. The first-order chi connectivity index (χ1) is 15.7. The zero-order chi connectivity index (χ0) is 24.4. The van der Waals surface area contributed by atoms with Crippen LogP contribution >= 0.6 is 31.9 Å². The lowest BCUT2D eigenvalue weighted by Crippen LogP contribution is -2.29. The standard InChI is InChI=1S/C23H26Br2N2O6/c1-3-32-19(6-4-5-7-20(28)27-31)22(17-12-15(24)13-18(25)21(17)29)33-23(30)26-16-10-8-14(2)9-11-16/h5,7-13,19,22,29,31H,3-4,6H2,1-2H3,(H,26,30)(H,27,28)/b7-5+/t19-,22-/m0/s1. The number of carbonyl (C=O) groups is 2. The molecule has 0 aliphatic heterocycles. The van der Waals surface area contributed by atoms with E-state index in [9.17, 15) is 14.7 Å². The summed E-state index contributed by atoms with van der Waals surface area (Å²) in [5, 5.41) is 22.0. The first-order valence-corrected chi connectivity index (χ1v) is 11.8. The molecule has 2 aromatic rings. The number of rotatable bonds is 10. The van der Waals surface area contributed by atoms with E-state index in [0.717, 1.165) is 5.56 Å². The molecule has 0 saturated heterocycles. The van der Waals surface area contributed by atoms with Crippen LogP contribution in [0.5, 0.6) is 5.75 Å². The molecule has 0 unspecified atom stereocenters. The molecular weight excluding hydrogens is 560 g/mol. The number of halogens is 2. The van der Waals surface area contributed by atoms with Gasteiger partial charge in [0.1, 0.15) is 5.75 Å². The maximum atomic E-state index is 12.7. The molecule has 4 N–H and O–H groups in total. The van der Waals surface area contributed by atoms with Crippen molar-refractivity contribution in [3.05, 3.63) is 68.6 Å². The fraction of sp³-hybridized carbons (Fsp3) is 0.304. The largest absolute Gasteiger partial charge is 0.506 e. The van der Waals surface area contributed by atoms with Crippen molar-refractivity contribution >= 4 is 49.5 Å². The summed E-state index contributed by atoms with van der Waals surface area (Å²) in [7, 11) is 0. The summed E-state index contributed by atoms with van der Waals surface area (Å²) in [5.74, 6) is -0.729. The number of hydrogen-bond acceptors (Lipinski definition) is 6. The average Bonchev–Trinajstić information content (AvgIpc) is 2.78. The molecule has 2 aromatic carbocycles. The number of hydroxylamine groups is 1. The number of ether oxygens (including phenoxy) is 2. The Morgan fingerprint density at radius 1 is 1.18 bits per heavy atom. The lowest BCUT2D eigenvalue weighted by molar-refractivity contribution is -0.124. The monoisotopic (exact) mass is 584 g/mol. The summed E-state index contributed by atoms with van der Waals surface area (Å²) in [4.78, 5) is 23.9. The predicted octanol–water partition coefficient (Wildman–Crippen LogP) is 5.76. The van der Waals surface area contributed by atoms with E-state index in [1.54, 1.807) is 30.3 Å². The maximum Gasteiger partial charge on any atom is 0.412 e. The van der Waals surface area contributed by atoms with Crippen molar-refractivity contribution in [1.82, 2.24) is 5.48 Å². The van der Waals surface area contributed by atoms with Gasteiger partial charge in [0.05, 0.1) is 10.6 Å². The fourth-order valence-electron chi connectivity index (χ4n) is 3.07. The number of amides is 2. The first-order valence-electron chi connectivity index (χ1n) is 10.2. The normalized spacial score (nSPS) is 12.9. The van der Waals surface area contributed by atoms with Gasteiger partial charge in [-0.1, -0.05) is 39.7 Å². The van der Waals surface area contributed by atoms with Crippen LogP contribution < -0.4 is 10.8 Å². The fourth-order valence-corrected chi connectivity index (χ4v) is 4.32. The molecular formula is C23H26Br2N2O6. The van der Waals surface area contributed by atoms with Crippen molar-refractivity contribution in [1.29, 1.82) is 0 Å². The van der Waals surface area contributed by atoms with E-state index in [0.29, 0.717) is 39.6 Å². The lowest BCUT2D eigenvalue weighted by Gasteiger charge is -2.28. The highest BCUT2D eigenvalue weighted by molar-refractivity contribution is 9.11. The Balaban J connectivity index is 2.31. The highest BCUT2D eigenvalue weighted by Gasteiger charge is 2.31. The molecule has 0 radical (unpaired) electrons. The summed E-state index contributed by atoms with van der Waals surface area (Å²) in [5.41, 5.74) is 3.49. The van der Waals surface area contributed by atoms with Crippen LogP contribution in [0.4, 0.5) is 10.5 Å². The molecule has 0 heterocycles. The number of aromatic hydroxyl groups is 1. The van der Waals surface area contributed by atoms with Gasteiger partial charge in [0.2, 0.25) is 0 Å². The van der Waals surface area contributed by atoms with Crippen molar-refractivity contribution in [2.75, 3.05) is 11.9 Å². The van der Waals surface area contributed by atoms with Crippen LogP contribution in [0, 0.1) is 6.92 Å². The number of benzene rings is 2. The molecule has 0 fully saturated rings. The molecule has 0 spiro atoms. The molecule has 2 rings (SSSR count). The van der Waals surface area contributed by atoms with Gasteiger partial charge >= 0.3 is 6.09 Å². The summed E-state index contributed by atoms with van der Waals surface area (Å²) in [6, 6.07) is 10.6. The molecule has 8 nitrogen and oxygen atoms in total. The second-order valence-corrected chi connectivity index (χ2v) is 8.86. The molecule has 2 atom stereocenters. The average molecular weight is 586 g/mol. The maximum absolute atomic E-state index is 12.7. The van der Waals surface area contributed by atoms with E-state index >= 15 is 0 Å². The van der Waals surface area contributed by atoms with E-state index in [2.05, 4.69) is 37.2 Å². The molecule has 33 heavy (non-hydrogen) atoms. The summed E-state index contributed by atoms with van der Waals surface area (Å²) < 4.78 is 12.7. The molecule has 178 valence electrons. The first kappa shape index (κ1) is 26.8. The summed E-state index contributed by atoms with van der Waals surface area (Å²) in [6.45, 7) is 4.08.